The van der Waals surface area contributed by atoms with Gasteiger partial charge in [0.05, 0.1) is 11.7 Å². The summed E-state index contributed by atoms with van der Waals surface area (Å²) in [4.78, 5) is 21.9. The van der Waals surface area contributed by atoms with Gasteiger partial charge in [0.2, 0.25) is 5.96 Å². The second-order valence-corrected chi connectivity index (χ2v) is 8.32. The maximum Gasteiger partial charge on any atom is 0.322 e. The van der Waals surface area contributed by atoms with Gasteiger partial charge in [-0.3, -0.25) is 5.32 Å². The molecule has 0 aliphatic carbocycles. The van der Waals surface area contributed by atoms with Crippen LogP contribution in [0, 0.1) is 25.3 Å². The molecular formula is C27H28N6O. The Bertz CT molecular complexity index is 1200. The van der Waals surface area contributed by atoms with Gasteiger partial charge in [0.1, 0.15) is 0 Å². The molecule has 3 aromatic carbocycles. The number of urea groups is 1. The summed E-state index contributed by atoms with van der Waals surface area (Å²) in [7, 11) is 0. The lowest BCUT2D eigenvalue weighted by Gasteiger charge is -2.42. The lowest BCUT2D eigenvalue weighted by atomic mass is 10.0. The number of rotatable bonds is 3. The number of carbonyl (C=O) groups excluding carboxylic acids is 1. The number of carbonyl (C=O) groups is 1. The number of guanidine groups is 1. The van der Waals surface area contributed by atoms with E-state index in [0.717, 1.165) is 28.1 Å². The van der Waals surface area contributed by atoms with E-state index in [2.05, 4.69) is 10.6 Å². The summed E-state index contributed by atoms with van der Waals surface area (Å²) in [6, 6.07) is 25.2. The van der Waals surface area contributed by atoms with Crippen LogP contribution in [0.4, 0.5) is 16.2 Å². The number of aliphatic imine (C=N–C) groups is 1. The first-order valence-electron chi connectivity index (χ1n) is 11.3. The van der Waals surface area contributed by atoms with Crippen molar-refractivity contribution in [3.05, 3.63) is 95.6 Å². The second-order valence-electron chi connectivity index (χ2n) is 8.32. The number of nitrogens with zero attached hydrogens (tertiary/aromatic N) is 4. The van der Waals surface area contributed by atoms with Gasteiger partial charge in [-0.2, -0.15) is 5.26 Å². The van der Waals surface area contributed by atoms with Crippen LogP contribution in [0.3, 0.4) is 0 Å². The molecule has 7 heteroatoms. The molecule has 1 aliphatic heterocycles. The van der Waals surface area contributed by atoms with Crippen molar-refractivity contribution >= 4 is 23.4 Å². The number of hydrogen-bond acceptors (Lipinski definition) is 3. The Morgan fingerprint density at radius 2 is 1.68 bits per heavy atom. The number of nitriles is 1. The van der Waals surface area contributed by atoms with E-state index in [-0.39, 0.29) is 12.1 Å². The maximum atomic E-state index is 13.3. The Morgan fingerprint density at radius 3 is 2.38 bits per heavy atom. The van der Waals surface area contributed by atoms with Gasteiger partial charge in [-0.15, -0.1) is 0 Å². The van der Waals surface area contributed by atoms with Crippen LogP contribution < -0.4 is 10.6 Å². The Morgan fingerprint density at radius 1 is 0.971 bits per heavy atom. The van der Waals surface area contributed by atoms with Crippen molar-refractivity contribution in [1.29, 1.82) is 5.26 Å². The summed E-state index contributed by atoms with van der Waals surface area (Å²) in [6.07, 6.45) is 2.02. The minimum Gasteiger partial charge on any atom is -0.338 e. The average Bonchev–Trinajstić information content (AvgIpc) is 2.86. The highest BCUT2D eigenvalue weighted by molar-refractivity contribution is 5.90. The second kappa shape index (κ2) is 10.5. The highest BCUT2D eigenvalue weighted by atomic mass is 16.2. The van der Waals surface area contributed by atoms with Gasteiger partial charge < -0.3 is 15.1 Å². The van der Waals surface area contributed by atoms with Crippen LogP contribution in [0.2, 0.25) is 0 Å². The number of hydrogen-bond donors (Lipinski definition) is 2. The van der Waals surface area contributed by atoms with Crippen LogP contribution in [0.25, 0.3) is 0 Å². The summed E-state index contributed by atoms with van der Waals surface area (Å²) in [6.45, 7) is 5.54. The Hall–Kier alpha value is -4.31. The van der Waals surface area contributed by atoms with Gasteiger partial charge in [0.25, 0.3) is 0 Å². The topological polar surface area (TPSA) is 83.8 Å². The van der Waals surface area contributed by atoms with Gasteiger partial charge in [0.15, 0.2) is 6.19 Å². The molecule has 0 aromatic heterocycles. The van der Waals surface area contributed by atoms with Crippen molar-refractivity contribution < 1.29 is 4.79 Å². The van der Waals surface area contributed by atoms with Gasteiger partial charge in [-0.1, -0.05) is 66.2 Å². The molecule has 1 heterocycles. The molecule has 0 spiro atoms. The Balaban J connectivity index is 1.60. The van der Waals surface area contributed by atoms with E-state index >= 15 is 0 Å². The van der Waals surface area contributed by atoms with Crippen LogP contribution in [0.5, 0.6) is 0 Å². The monoisotopic (exact) mass is 452 g/mol. The molecule has 0 radical (unpaired) electrons. The molecule has 4 rings (SSSR count). The van der Waals surface area contributed by atoms with Crippen LogP contribution in [0.1, 0.15) is 22.7 Å². The van der Waals surface area contributed by atoms with Gasteiger partial charge in [-0.05, 0) is 43.2 Å². The highest BCUT2D eigenvalue weighted by Gasteiger charge is 2.33. The number of piperazine rings is 1. The zero-order valence-electron chi connectivity index (χ0n) is 19.4. The summed E-state index contributed by atoms with van der Waals surface area (Å²) in [5.74, 6) is 0.483. The normalized spacial score (nSPS) is 16.0. The summed E-state index contributed by atoms with van der Waals surface area (Å²) >= 11 is 0. The largest absolute Gasteiger partial charge is 0.338 e. The molecule has 0 saturated carbocycles. The number of anilines is 1. The first-order chi connectivity index (χ1) is 16.5. The summed E-state index contributed by atoms with van der Waals surface area (Å²) in [5.41, 5.74) is 4.75. The quantitative estimate of drug-likeness (QED) is 0.255. The third-order valence-electron chi connectivity index (χ3n) is 5.94. The zero-order valence-corrected chi connectivity index (χ0v) is 19.4. The summed E-state index contributed by atoms with van der Waals surface area (Å²) in [5, 5.41) is 15.2. The minimum absolute atomic E-state index is 0.150. The fourth-order valence-corrected chi connectivity index (χ4v) is 4.04. The fraction of sp³-hybridized carbons (Fsp3) is 0.222. The standard InChI is InChI=1S/C27H28N6O/c1-20-12-14-23(15-13-20)30-27(34)33-17-16-32(18-25(33)22-9-4-3-5-10-22)26(29-19-28)31-24-11-7-6-8-21(24)2/h3-15,25H,16-18H2,1-2H3,(H,29,31)(H,30,34). The summed E-state index contributed by atoms with van der Waals surface area (Å²) < 4.78 is 0. The predicted octanol–water partition coefficient (Wildman–Crippen LogP) is 4.95. The molecule has 2 amide bonds. The molecule has 172 valence electrons. The van der Waals surface area contributed by atoms with Crippen molar-refractivity contribution in [2.24, 2.45) is 4.99 Å². The van der Waals surface area contributed by atoms with E-state index in [0.29, 0.717) is 25.6 Å². The fourth-order valence-electron chi connectivity index (χ4n) is 4.04. The number of aryl methyl sites for hydroxylation is 2. The van der Waals surface area contributed by atoms with Crippen molar-refractivity contribution in [3.8, 4) is 6.19 Å². The smallest absolute Gasteiger partial charge is 0.322 e. The van der Waals surface area contributed by atoms with E-state index in [1.165, 1.54) is 0 Å². The zero-order chi connectivity index (χ0) is 23.9. The maximum absolute atomic E-state index is 13.3. The van der Waals surface area contributed by atoms with Crippen molar-refractivity contribution in [2.45, 2.75) is 19.9 Å². The number of nitrogens with one attached hydrogen (secondary N) is 2. The number of para-hydroxylation sites is 1. The molecule has 7 nitrogen and oxygen atoms in total. The molecule has 1 atom stereocenters. The Kier molecular flexibility index (Phi) is 7.09. The molecule has 1 unspecified atom stereocenters. The van der Waals surface area contributed by atoms with E-state index in [1.807, 2.05) is 109 Å². The van der Waals surface area contributed by atoms with E-state index < -0.39 is 0 Å². The average molecular weight is 453 g/mol. The lowest BCUT2D eigenvalue weighted by molar-refractivity contribution is 0.135. The van der Waals surface area contributed by atoms with Crippen molar-refractivity contribution in [3.63, 3.8) is 0 Å². The molecule has 34 heavy (non-hydrogen) atoms. The lowest BCUT2D eigenvalue weighted by Crippen LogP contribution is -2.55. The first-order valence-corrected chi connectivity index (χ1v) is 11.3. The Labute approximate surface area is 200 Å². The minimum atomic E-state index is -0.206. The number of benzene rings is 3. The molecule has 1 fully saturated rings. The molecule has 1 aliphatic rings. The van der Waals surface area contributed by atoms with Crippen LogP contribution in [-0.4, -0.2) is 41.4 Å². The van der Waals surface area contributed by atoms with Gasteiger partial charge >= 0.3 is 6.03 Å². The van der Waals surface area contributed by atoms with Crippen LogP contribution in [0.15, 0.2) is 83.9 Å². The molecule has 0 bridgehead atoms. The van der Waals surface area contributed by atoms with Crippen LogP contribution >= 0.6 is 0 Å². The van der Waals surface area contributed by atoms with E-state index in [9.17, 15) is 10.1 Å². The molecular weight excluding hydrogens is 424 g/mol. The van der Waals surface area contributed by atoms with Crippen LogP contribution in [-0.2, 0) is 0 Å². The number of amides is 2. The van der Waals surface area contributed by atoms with Crippen molar-refractivity contribution in [1.82, 2.24) is 15.1 Å². The van der Waals surface area contributed by atoms with Gasteiger partial charge in [-0.25, -0.2) is 9.79 Å². The molecule has 2 N–H and O–H groups in total. The SMILES string of the molecule is Cc1ccc(NC(=O)N2CCN(C(=Nc3ccccc3C)NC#N)CC2c2ccccc2)cc1. The molecule has 3 aromatic rings. The van der Waals surface area contributed by atoms with Gasteiger partial charge in [0, 0.05) is 25.3 Å². The third-order valence-corrected chi connectivity index (χ3v) is 5.94. The van der Waals surface area contributed by atoms with E-state index in [1.54, 1.807) is 0 Å². The van der Waals surface area contributed by atoms with E-state index in [4.69, 9.17) is 4.99 Å². The third kappa shape index (κ3) is 5.36. The first kappa shape index (κ1) is 22.9. The van der Waals surface area contributed by atoms with Crippen molar-refractivity contribution in [2.75, 3.05) is 25.0 Å². The predicted molar refractivity (Wildman–Crippen MR) is 135 cm³/mol. The highest BCUT2D eigenvalue weighted by Crippen LogP contribution is 2.27. The molecule has 1 saturated heterocycles.